The van der Waals surface area contributed by atoms with Gasteiger partial charge in [-0.1, -0.05) is 75.7 Å². The first-order chi connectivity index (χ1) is 17.8. The molecule has 2 aliphatic rings. The number of anilines is 2. The van der Waals surface area contributed by atoms with Crippen molar-refractivity contribution >= 4 is 39.1 Å². The lowest BCUT2D eigenvalue weighted by Crippen LogP contribution is -2.37. The molecule has 38 heavy (non-hydrogen) atoms. The van der Waals surface area contributed by atoms with E-state index in [0.717, 1.165) is 26.9 Å². The highest BCUT2D eigenvalue weighted by Gasteiger charge is 2.60. The molecule has 1 N–H and O–H groups in total. The van der Waals surface area contributed by atoms with E-state index >= 15 is 0 Å². The third-order valence-corrected chi connectivity index (χ3v) is 7.83. The van der Waals surface area contributed by atoms with Crippen molar-refractivity contribution in [1.29, 1.82) is 0 Å². The number of hydrogen-bond donors (Lipinski definition) is 1. The van der Waals surface area contributed by atoms with Gasteiger partial charge in [0.2, 0.25) is 5.91 Å². The number of carbonyl (C=O) groups is 2. The Kier molecular flexibility index (Phi) is 6.43. The third-order valence-electron chi connectivity index (χ3n) is 7.30. The molecule has 3 aromatic carbocycles. The van der Waals surface area contributed by atoms with Gasteiger partial charge in [-0.15, -0.1) is 0 Å². The summed E-state index contributed by atoms with van der Waals surface area (Å²) in [6, 6.07) is 20.0. The molecule has 2 aliphatic heterocycles. The normalized spacial score (nSPS) is 21.8. The van der Waals surface area contributed by atoms with Gasteiger partial charge in [0.1, 0.15) is 11.7 Å². The van der Waals surface area contributed by atoms with Crippen molar-refractivity contribution in [3.8, 4) is 5.75 Å². The summed E-state index contributed by atoms with van der Waals surface area (Å²) in [4.78, 5) is 35.2. The second kappa shape index (κ2) is 9.24. The van der Waals surface area contributed by atoms with Crippen LogP contribution in [0.2, 0.25) is 0 Å². The molecule has 0 aliphatic carbocycles. The van der Waals surface area contributed by atoms with Crippen molar-refractivity contribution in [1.82, 2.24) is 0 Å². The fraction of sp³-hybridized carbons (Fsp3) is 0.355. The van der Waals surface area contributed by atoms with Crippen molar-refractivity contribution in [2.24, 2.45) is 5.92 Å². The fourth-order valence-corrected chi connectivity index (χ4v) is 5.63. The first-order valence-electron chi connectivity index (χ1n) is 12.8. The summed E-state index contributed by atoms with van der Waals surface area (Å²) in [6.07, 6.45) is -0.957. The number of phenols is 1. The lowest BCUT2D eigenvalue weighted by atomic mass is 9.76. The lowest BCUT2D eigenvalue weighted by Gasteiger charge is -2.33. The number of amides is 2. The number of phenolic OH excluding ortho intramolecular Hbond substituents is 1. The molecule has 2 fully saturated rings. The van der Waals surface area contributed by atoms with Gasteiger partial charge in [0.15, 0.2) is 6.10 Å². The van der Waals surface area contributed by atoms with E-state index in [2.05, 4.69) is 57.5 Å². The Morgan fingerprint density at radius 3 is 1.87 bits per heavy atom. The summed E-state index contributed by atoms with van der Waals surface area (Å²) in [5.41, 5.74) is 2.97. The van der Waals surface area contributed by atoms with E-state index < -0.39 is 18.1 Å². The van der Waals surface area contributed by atoms with Gasteiger partial charge >= 0.3 is 0 Å². The Balaban J connectivity index is 1.70. The Morgan fingerprint density at radius 1 is 0.789 bits per heavy atom. The van der Waals surface area contributed by atoms with E-state index in [1.807, 2.05) is 54.6 Å². The van der Waals surface area contributed by atoms with Crippen LogP contribution in [0.25, 0.3) is 0 Å². The van der Waals surface area contributed by atoms with E-state index in [0.29, 0.717) is 5.69 Å². The molecule has 0 spiro atoms. The molecule has 0 unspecified atom stereocenters. The van der Waals surface area contributed by atoms with Crippen molar-refractivity contribution in [2.45, 2.75) is 64.5 Å². The average Bonchev–Trinajstić information content (AvgIpc) is 3.35. The Labute approximate surface area is 232 Å². The van der Waals surface area contributed by atoms with Crippen LogP contribution in [0.1, 0.15) is 64.3 Å². The molecule has 6 nitrogen and oxygen atoms in total. The summed E-state index contributed by atoms with van der Waals surface area (Å²) >= 11 is 3.42. The Bertz CT molecular complexity index is 1360. The summed E-state index contributed by atoms with van der Waals surface area (Å²) in [6.45, 7) is 12.3. The van der Waals surface area contributed by atoms with Crippen LogP contribution < -0.4 is 9.96 Å². The van der Waals surface area contributed by atoms with Crippen LogP contribution in [0.5, 0.6) is 5.75 Å². The number of carbonyl (C=O) groups excluding carboxylic acids is 2. The molecular weight excluding hydrogens is 544 g/mol. The largest absolute Gasteiger partial charge is 0.507 e. The molecule has 2 heterocycles. The average molecular weight is 578 g/mol. The van der Waals surface area contributed by atoms with Crippen LogP contribution in [0.3, 0.4) is 0 Å². The maximum atomic E-state index is 14.0. The number of benzene rings is 3. The lowest BCUT2D eigenvalue weighted by molar-refractivity contribution is -0.126. The Hall–Kier alpha value is -3.16. The number of fused-ring (bicyclic) bond motifs is 1. The first-order valence-corrected chi connectivity index (χ1v) is 13.6. The molecule has 0 bridgehead atoms. The zero-order valence-corrected chi connectivity index (χ0v) is 24.1. The summed E-state index contributed by atoms with van der Waals surface area (Å²) < 4.78 is 0.860. The maximum Gasteiger partial charge on any atom is 0.266 e. The fourth-order valence-electron chi connectivity index (χ4n) is 5.37. The van der Waals surface area contributed by atoms with Gasteiger partial charge in [0, 0.05) is 4.47 Å². The first kappa shape index (κ1) is 26.4. The second-order valence-corrected chi connectivity index (χ2v) is 13.0. The van der Waals surface area contributed by atoms with E-state index in [9.17, 15) is 14.7 Å². The standard InChI is InChI=1S/C31H33BrN2O4/c1-30(2,3)22-16-18(17-23(26(22)35)31(4,5)6)25-24-27(38-34(25)21-10-8-7-9-11-21)29(37)33(28(24)36)20-14-12-19(32)13-15-20/h7-17,24-25,27,35H,1-6H3/t24-,25+,27+/m1/s1. The Morgan fingerprint density at radius 2 is 1.34 bits per heavy atom. The van der Waals surface area contributed by atoms with Crippen molar-refractivity contribution < 1.29 is 19.5 Å². The quantitative estimate of drug-likeness (QED) is 0.347. The highest BCUT2D eigenvalue weighted by molar-refractivity contribution is 9.10. The molecular formula is C31H33BrN2O4. The number of para-hydroxylation sites is 1. The molecule has 3 aromatic rings. The van der Waals surface area contributed by atoms with Gasteiger partial charge in [0.25, 0.3) is 5.91 Å². The minimum atomic E-state index is -0.957. The van der Waals surface area contributed by atoms with Crippen LogP contribution in [0.15, 0.2) is 71.2 Å². The SMILES string of the molecule is CC(C)(C)c1cc([C@H]2[C@H]3C(=O)N(c4ccc(Br)cc4)C(=O)[C@H]3ON2c2ccccc2)cc(C(C)(C)C)c1O. The van der Waals surface area contributed by atoms with Gasteiger partial charge in [-0.25, -0.2) is 9.96 Å². The van der Waals surface area contributed by atoms with Crippen molar-refractivity contribution in [3.05, 3.63) is 87.9 Å². The molecule has 0 aromatic heterocycles. The molecule has 0 saturated carbocycles. The van der Waals surface area contributed by atoms with E-state index in [-0.39, 0.29) is 28.4 Å². The number of nitrogens with zero attached hydrogens (tertiary/aromatic N) is 2. The summed E-state index contributed by atoms with van der Waals surface area (Å²) in [5.74, 6) is -1.16. The molecule has 7 heteroatoms. The van der Waals surface area contributed by atoms with Crippen molar-refractivity contribution in [3.63, 3.8) is 0 Å². The van der Waals surface area contributed by atoms with Gasteiger partial charge in [-0.2, -0.15) is 0 Å². The molecule has 3 atom stereocenters. The van der Waals surface area contributed by atoms with Gasteiger partial charge in [-0.3, -0.25) is 14.4 Å². The van der Waals surface area contributed by atoms with Gasteiger partial charge in [0.05, 0.1) is 17.4 Å². The zero-order chi connectivity index (χ0) is 27.6. The molecule has 198 valence electrons. The number of aromatic hydroxyl groups is 1. The van der Waals surface area contributed by atoms with Crippen LogP contribution >= 0.6 is 15.9 Å². The molecule has 5 rings (SSSR count). The van der Waals surface area contributed by atoms with Crippen LogP contribution in [0, 0.1) is 5.92 Å². The molecule has 2 saturated heterocycles. The van der Waals surface area contributed by atoms with Crippen LogP contribution in [-0.4, -0.2) is 23.0 Å². The van der Waals surface area contributed by atoms with Crippen LogP contribution in [-0.2, 0) is 25.3 Å². The third kappa shape index (κ3) is 4.41. The second-order valence-electron chi connectivity index (χ2n) is 12.1. The summed E-state index contributed by atoms with van der Waals surface area (Å²) in [5, 5.41) is 13.0. The minimum Gasteiger partial charge on any atom is -0.507 e. The van der Waals surface area contributed by atoms with Gasteiger partial charge < -0.3 is 5.11 Å². The number of hydroxylamine groups is 1. The number of rotatable bonds is 3. The number of hydrogen-bond acceptors (Lipinski definition) is 5. The highest BCUT2D eigenvalue weighted by atomic mass is 79.9. The predicted molar refractivity (Wildman–Crippen MR) is 152 cm³/mol. The summed E-state index contributed by atoms with van der Waals surface area (Å²) in [7, 11) is 0. The van der Waals surface area contributed by atoms with Crippen molar-refractivity contribution in [2.75, 3.05) is 9.96 Å². The molecule has 2 amide bonds. The zero-order valence-electron chi connectivity index (χ0n) is 22.5. The van der Waals surface area contributed by atoms with E-state index in [1.165, 1.54) is 4.90 Å². The topological polar surface area (TPSA) is 70.1 Å². The van der Waals surface area contributed by atoms with E-state index in [4.69, 9.17) is 4.84 Å². The van der Waals surface area contributed by atoms with E-state index in [1.54, 1.807) is 17.2 Å². The highest BCUT2D eigenvalue weighted by Crippen LogP contribution is 2.50. The predicted octanol–water partition coefficient (Wildman–Crippen LogP) is 6.80. The monoisotopic (exact) mass is 576 g/mol. The maximum absolute atomic E-state index is 14.0. The number of halogens is 1. The number of imide groups is 1. The minimum absolute atomic E-state index is 0.265. The van der Waals surface area contributed by atoms with Crippen LogP contribution in [0.4, 0.5) is 11.4 Å². The van der Waals surface area contributed by atoms with Gasteiger partial charge in [-0.05, 0) is 76.1 Å². The smallest absolute Gasteiger partial charge is 0.266 e. The molecule has 0 radical (unpaired) electrons.